The molecule has 0 spiro atoms. The highest BCUT2D eigenvalue weighted by Gasteiger charge is 2.31. The monoisotopic (exact) mass is 386 g/mol. The van der Waals surface area contributed by atoms with Gasteiger partial charge in [0, 0.05) is 32.0 Å². The van der Waals surface area contributed by atoms with Crippen LogP contribution >= 0.6 is 0 Å². The van der Waals surface area contributed by atoms with E-state index < -0.39 is 5.60 Å². The van der Waals surface area contributed by atoms with Crippen molar-refractivity contribution in [3.8, 4) is 0 Å². The molecule has 2 atom stereocenters. The van der Waals surface area contributed by atoms with E-state index in [1.807, 2.05) is 45.0 Å². The van der Waals surface area contributed by atoms with Gasteiger partial charge in [-0.1, -0.05) is 19.1 Å². The summed E-state index contributed by atoms with van der Waals surface area (Å²) in [5.41, 5.74) is 1.41. The average Bonchev–Trinajstić information content (AvgIpc) is 3.03. The standard InChI is InChI=1S/C21H30N4O3/c1-14-13-25(20(27)28-21(2,3)4)12-11-15(14)24-19(26)10-9-18-22-16-7-5-6-8-17(16)23-18/h5-8,14-15H,9-13H2,1-4H3,(H,22,23)(H,24,26)/t14-,15+/m1/s1. The van der Waals surface area contributed by atoms with E-state index in [1.54, 1.807) is 4.90 Å². The van der Waals surface area contributed by atoms with Crippen LogP contribution in [0.4, 0.5) is 4.79 Å². The van der Waals surface area contributed by atoms with Crippen molar-refractivity contribution in [1.82, 2.24) is 20.2 Å². The Bertz CT molecular complexity index is 807. The number of carbonyl (C=O) groups excluding carboxylic acids is 2. The van der Waals surface area contributed by atoms with Gasteiger partial charge in [-0.3, -0.25) is 4.79 Å². The minimum atomic E-state index is -0.498. The lowest BCUT2D eigenvalue weighted by Crippen LogP contribution is -2.52. The van der Waals surface area contributed by atoms with Gasteiger partial charge in [0.2, 0.25) is 5.91 Å². The van der Waals surface area contributed by atoms with E-state index in [2.05, 4.69) is 22.2 Å². The maximum Gasteiger partial charge on any atom is 0.410 e. The largest absolute Gasteiger partial charge is 0.444 e. The highest BCUT2D eigenvalue weighted by Crippen LogP contribution is 2.20. The van der Waals surface area contributed by atoms with Crippen LogP contribution in [0.2, 0.25) is 0 Å². The van der Waals surface area contributed by atoms with Gasteiger partial charge < -0.3 is 19.9 Å². The summed E-state index contributed by atoms with van der Waals surface area (Å²) in [7, 11) is 0. The first-order chi connectivity index (χ1) is 13.2. The average molecular weight is 386 g/mol. The number of amides is 2. The molecule has 2 aromatic rings. The molecule has 2 N–H and O–H groups in total. The number of aromatic nitrogens is 2. The number of piperidine rings is 1. The van der Waals surface area contributed by atoms with Gasteiger partial charge >= 0.3 is 6.09 Å². The number of rotatable bonds is 4. The van der Waals surface area contributed by atoms with Crippen molar-refractivity contribution in [3.63, 3.8) is 0 Å². The normalized spacial score (nSPS) is 20.2. The molecule has 7 heteroatoms. The molecule has 1 aliphatic rings. The van der Waals surface area contributed by atoms with Crippen molar-refractivity contribution in [2.75, 3.05) is 13.1 Å². The third kappa shape index (κ3) is 5.24. The summed E-state index contributed by atoms with van der Waals surface area (Å²) in [5, 5.41) is 3.12. The van der Waals surface area contributed by atoms with Crippen LogP contribution in [-0.2, 0) is 16.0 Å². The molecular weight excluding hydrogens is 356 g/mol. The molecule has 1 aliphatic heterocycles. The van der Waals surface area contributed by atoms with E-state index in [1.165, 1.54) is 0 Å². The van der Waals surface area contributed by atoms with Crippen molar-refractivity contribution in [1.29, 1.82) is 0 Å². The Morgan fingerprint density at radius 3 is 2.75 bits per heavy atom. The second kappa shape index (κ2) is 8.20. The molecule has 0 radical (unpaired) electrons. The summed E-state index contributed by atoms with van der Waals surface area (Å²) >= 11 is 0. The van der Waals surface area contributed by atoms with Crippen LogP contribution in [-0.4, -0.2) is 51.6 Å². The Balaban J connectivity index is 1.46. The van der Waals surface area contributed by atoms with Crippen LogP contribution in [0.3, 0.4) is 0 Å². The first-order valence-electron chi connectivity index (χ1n) is 9.92. The molecule has 1 aromatic heterocycles. The van der Waals surface area contributed by atoms with E-state index >= 15 is 0 Å². The van der Waals surface area contributed by atoms with E-state index in [0.29, 0.717) is 25.9 Å². The number of H-pyrrole nitrogens is 1. The van der Waals surface area contributed by atoms with E-state index in [4.69, 9.17) is 4.74 Å². The summed E-state index contributed by atoms with van der Waals surface area (Å²) in [6, 6.07) is 7.91. The molecule has 1 aromatic carbocycles. The minimum Gasteiger partial charge on any atom is -0.444 e. The number of carbonyl (C=O) groups is 2. The van der Waals surface area contributed by atoms with E-state index in [-0.39, 0.29) is 24.0 Å². The number of hydrogen-bond donors (Lipinski definition) is 2. The molecule has 0 saturated carbocycles. The van der Waals surface area contributed by atoms with Crippen LogP contribution in [0.1, 0.15) is 46.4 Å². The lowest BCUT2D eigenvalue weighted by atomic mass is 9.94. The number of nitrogens with one attached hydrogen (secondary N) is 2. The van der Waals surface area contributed by atoms with Crippen LogP contribution in [0.15, 0.2) is 24.3 Å². The molecule has 3 rings (SSSR count). The highest BCUT2D eigenvalue weighted by atomic mass is 16.6. The molecule has 1 saturated heterocycles. The molecule has 0 unspecified atom stereocenters. The van der Waals surface area contributed by atoms with Crippen LogP contribution in [0.25, 0.3) is 11.0 Å². The first-order valence-corrected chi connectivity index (χ1v) is 9.92. The van der Waals surface area contributed by atoms with Gasteiger partial charge in [0.25, 0.3) is 0 Å². The van der Waals surface area contributed by atoms with Gasteiger partial charge in [-0.2, -0.15) is 0 Å². The summed E-state index contributed by atoms with van der Waals surface area (Å²) in [4.78, 5) is 34.1. The molecule has 0 bridgehead atoms. The Hall–Kier alpha value is -2.57. The predicted octanol–water partition coefficient (Wildman–Crippen LogP) is 3.26. The lowest BCUT2D eigenvalue weighted by molar-refractivity contribution is -0.122. The second-order valence-electron chi connectivity index (χ2n) is 8.57. The maximum atomic E-state index is 12.4. The second-order valence-corrected chi connectivity index (χ2v) is 8.57. The molecule has 1 fully saturated rings. The fourth-order valence-corrected chi connectivity index (χ4v) is 3.49. The number of fused-ring (bicyclic) bond motifs is 1. The summed E-state index contributed by atoms with van der Waals surface area (Å²) < 4.78 is 5.44. The molecule has 7 nitrogen and oxygen atoms in total. The number of hydrogen-bond acceptors (Lipinski definition) is 4. The number of imidazole rings is 1. The summed E-state index contributed by atoms with van der Waals surface area (Å²) in [5.74, 6) is 1.02. The Kier molecular flexibility index (Phi) is 5.91. The van der Waals surface area contributed by atoms with Gasteiger partial charge in [0.15, 0.2) is 0 Å². The highest BCUT2D eigenvalue weighted by molar-refractivity contribution is 5.77. The first kappa shape index (κ1) is 20.2. The number of para-hydroxylation sites is 2. The van der Waals surface area contributed by atoms with E-state index in [0.717, 1.165) is 23.3 Å². The number of nitrogens with zero attached hydrogens (tertiary/aromatic N) is 2. The molecular formula is C21H30N4O3. The van der Waals surface area contributed by atoms with Gasteiger partial charge in [0.1, 0.15) is 11.4 Å². The fourth-order valence-electron chi connectivity index (χ4n) is 3.49. The number of aromatic amines is 1. The Labute approximate surface area is 165 Å². The summed E-state index contributed by atoms with van der Waals surface area (Å²) in [6.07, 6.45) is 1.41. The number of aryl methyl sites for hydroxylation is 1. The lowest BCUT2D eigenvalue weighted by Gasteiger charge is -2.37. The SMILES string of the molecule is C[C@@H]1CN(C(=O)OC(C)(C)C)CC[C@@H]1NC(=O)CCc1nc2ccccc2[nH]1. The Morgan fingerprint density at radius 2 is 2.07 bits per heavy atom. The number of benzene rings is 1. The van der Waals surface area contributed by atoms with Crippen molar-refractivity contribution < 1.29 is 14.3 Å². The quantitative estimate of drug-likeness (QED) is 0.844. The smallest absolute Gasteiger partial charge is 0.410 e. The minimum absolute atomic E-state index is 0.0167. The molecule has 0 aliphatic carbocycles. The van der Waals surface area contributed by atoms with Gasteiger partial charge in [0.05, 0.1) is 11.0 Å². The molecule has 152 valence electrons. The zero-order chi connectivity index (χ0) is 20.3. The van der Waals surface area contributed by atoms with Gasteiger partial charge in [-0.15, -0.1) is 0 Å². The van der Waals surface area contributed by atoms with Crippen molar-refractivity contribution in [3.05, 3.63) is 30.1 Å². The molecule has 28 heavy (non-hydrogen) atoms. The van der Waals surface area contributed by atoms with Crippen LogP contribution in [0, 0.1) is 5.92 Å². The maximum absolute atomic E-state index is 12.4. The van der Waals surface area contributed by atoms with Crippen LogP contribution < -0.4 is 5.32 Å². The van der Waals surface area contributed by atoms with Gasteiger partial charge in [-0.05, 0) is 45.2 Å². The number of ether oxygens (including phenoxy) is 1. The summed E-state index contributed by atoms with van der Waals surface area (Å²) in [6.45, 7) is 8.83. The van der Waals surface area contributed by atoms with E-state index in [9.17, 15) is 9.59 Å². The third-order valence-corrected chi connectivity index (χ3v) is 4.93. The topological polar surface area (TPSA) is 87.3 Å². The zero-order valence-electron chi connectivity index (χ0n) is 17.1. The predicted molar refractivity (Wildman–Crippen MR) is 108 cm³/mol. The van der Waals surface area contributed by atoms with Crippen molar-refractivity contribution in [2.24, 2.45) is 5.92 Å². The van der Waals surface area contributed by atoms with Gasteiger partial charge in [-0.25, -0.2) is 9.78 Å². The third-order valence-electron chi connectivity index (χ3n) is 4.93. The van der Waals surface area contributed by atoms with Crippen LogP contribution in [0.5, 0.6) is 0 Å². The van der Waals surface area contributed by atoms with Crippen molar-refractivity contribution >= 4 is 23.0 Å². The number of likely N-dealkylation sites (tertiary alicyclic amines) is 1. The Morgan fingerprint density at radius 1 is 1.32 bits per heavy atom. The fraction of sp³-hybridized carbons (Fsp3) is 0.571. The van der Waals surface area contributed by atoms with Crippen molar-refractivity contribution in [2.45, 2.75) is 58.6 Å². The molecule has 2 heterocycles. The molecule has 2 amide bonds. The zero-order valence-corrected chi connectivity index (χ0v) is 17.1.